The summed E-state index contributed by atoms with van der Waals surface area (Å²) in [6.45, 7) is 0. The Kier molecular flexibility index (Phi) is 3.84. The van der Waals surface area contributed by atoms with E-state index in [0.29, 0.717) is 0 Å². The molecule has 1 amide bonds. The van der Waals surface area contributed by atoms with Crippen LogP contribution in [0.2, 0.25) is 0 Å². The van der Waals surface area contributed by atoms with Crippen LogP contribution < -0.4 is 11.1 Å². The van der Waals surface area contributed by atoms with E-state index in [9.17, 15) is 22.4 Å². The highest BCUT2D eigenvalue weighted by Crippen LogP contribution is 2.29. The van der Waals surface area contributed by atoms with Crippen molar-refractivity contribution in [2.45, 2.75) is 6.18 Å². The van der Waals surface area contributed by atoms with Crippen LogP contribution in [0.25, 0.3) is 0 Å². The van der Waals surface area contributed by atoms with Crippen LogP contribution in [0.5, 0.6) is 0 Å². The number of halogens is 4. The Morgan fingerprint density at radius 1 is 1.10 bits per heavy atom. The Bertz CT molecular complexity index is 683. The van der Waals surface area contributed by atoms with Crippen molar-refractivity contribution in [3.05, 3.63) is 59.4 Å². The molecule has 0 bridgehead atoms. The van der Waals surface area contributed by atoms with Gasteiger partial charge in [0, 0.05) is 11.3 Å². The van der Waals surface area contributed by atoms with Crippen LogP contribution in [0, 0.1) is 5.82 Å². The number of carbonyl (C=O) groups is 1. The molecular weight excluding hydrogens is 288 g/mol. The smallest absolute Gasteiger partial charge is 0.396 e. The molecule has 0 aliphatic heterocycles. The molecule has 0 fully saturated rings. The number of benzene rings is 2. The summed E-state index contributed by atoms with van der Waals surface area (Å²) in [6.07, 6.45) is -4.53. The van der Waals surface area contributed by atoms with E-state index in [-0.39, 0.29) is 16.9 Å². The predicted molar refractivity (Wildman–Crippen MR) is 70.2 cm³/mol. The minimum absolute atomic E-state index is 0.160. The number of nitrogen functional groups attached to an aromatic ring is 1. The summed E-state index contributed by atoms with van der Waals surface area (Å²) >= 11 is 0. The maximum atomic E-state index is 13.0. The number of hydrogen-bond donors (Lipinski definition) is 2. The third-order valence-corrected chi connectivity index (χ3v) is 2.71. The predicted octanol–water partition coefficient (Wildman–Crippen LogP) is 3.68. The second-order valence-corrected chi connectivity index (χ2v) is 4.27. The lowest BCUT2D eigenvalue weighted by Gasteiger charge is -2.09. The molecule has 3 N–H and O–H groups in total. The van der Waals surface area contributed by atoms with E-state index in [4.69, 9.17) is 5.73 Å². The molecule has 110 valence electrons. The van der Waals surface area contributed by atoms with Gasteiger partial charge in [0.25, 0.3) is 5.91 Å². The van der Waals surface area contributed by atoms with Gasteiger partial charge in [-0.05, 0) is 36.4 Å². The minimum Gasteiger partial charge on any atom is -0.396 e. The maximum absolute atomic E-state index is 13.0. The van der Waals surface area contributed by atoms with Gasteiger partial charge in [0.2, 0.25) is 0 Å². The fraction of sp³-hybridized carbons (Fsp3) is 0.0714. The van der Waals surface area contributed by atoms with Gasteiger partial charge in [-0.2, -0.15) is 13.2 Å². The van der Waals surface area contributed by atoms with Gasteiger partial charge in [-0.3, -0.25) is 4.79 Å². The number of alkyl halides is 3. The van der Waals surface area contributed by atoms with E-state index in [0.717, 1.165) is 24.3 Å². The summed E-state index contributed by atoms with van der Waals surface area (Å²) in [4.78, 5) is 11.9. The van der Waals surface area contributed by atoms with Crippen molar-refractivity contribution in [3.63, 3.8) is 0 Å². The molecular formula is C14H10F4N2O. The Morgan fingerprint density at radius 3 is 2.43 bits per heavy atom. The summed E-state index contributed by atoms with van der Waals surface area (Å²) in [6, 6.07) is 7.48. The summed E-state index contributed by atoms with van der Waals surface area (Å²) in [5.41, 5.74) is 4.28. The van der Waals surface area contributed by atoms with Crippen LogP contribution in [-0.2, 0) is 6.18 Å². The molecule has 0 aromatic heterocycles. The Balaban J connectivity index is 2.22. The van der Waals surface area contributed by atoms with Gasteiger partial charge < -0.3 is 11.1 Å². The number of nitrogens with one attached hydrogen (secondary N) is 1. The Hall–Kier alpha value is -2.57. The first-order chi connectivity index (χ1) is 9.77. The third kappa shape index (κ3) is 3.50. The van der Waals surface area contributed by atoms with Crippen LogP contribution in [0.4, 0.5) is 28.9 Å². The van der Waals surface area contributed by atoms with E-state index < -0.39 is 23.5 Å². The number of amides is 1. The highest BCUT2D eigenvalue weighted by Gasteiger charge is 2.30. The van der Waals surface area contributed by atoms with Gasteiger partial charge in [-0.25, -0.2) is 4.39 Å². The van der Waals surface area contributed by atoms with Crippen molar-refractivity contribution < 1.29 is 22.4 Å². The fourth-order valence-corrected chi connectivity index (χ4v) is 1.66. The standard InChI is InChI=1S/C14H10F4N2O/c15-11-5-4-10(7-12(11)19)20-13(21)8-2-1-3-9(6-8)14(16,17)18/h1-7H,19H2,(H,20,21). The SMILES string of the molecule is Nc1cc(NC(=O)c2cccc(C(F)(F)F)c2)ccc1F. The quantitative estimate of drug-likeness (QED) is 0.656. The summed E-state index contributed by atoms with van der Waals surface area (Å²) in [5, 5.41) is 2.35. The van der Waals surface area contributed by atoms with E-state index in [1.54, 1.807) is 0 Å². The maximum Gasteiger partial charge on any atom is 0.416 e. The van der Waals surface area contributed by atoms with Gasteiger partial charge in [0.1, 0.15) is 5.82 Å². The van der Waals surface area contributed by atoms with Gasteiger partial charge in [0.15, 0.2) is 0 Å². The molecule has 2 aromatic carbocycles. The van der Waals surface area contributed by atoms with Gasteiger partial charge in [-0.15, -0.1) is 0 Å². The molecule has 0 saturated heterocycles. The molecule has 0 atom stereocenters. The first-order valence-electron chi connectivity index (χ1n) is 5.81. The lowest BCUT2D eigenvalue weighted by atomic mass is 10.1. The molecule has 0 radical (unpaired) electrons. The number of anilines is 2. The number of rotatable bonds is 2. The number of carbonyl (C=O) groups excluding carboxylic acids is 1. The molecule has 0 unspecified atom stereocenters. The minimum atomic E-state index is -4.53. The van der Waals surface area contributed by atoms with Crippen molar-refractivity contribution in [2.24, 2.45) is 0 Å². The van der Waals surface area contributed by atoms with Crippen molar-refractivity contribution in [1.29, 1.82) is 0 Å². The largest absolute Gasteiger partial charge is 0.416 e. The second-order valence-electron chi connectivity index (χ2n) is 4.27. The van der Waals surface area contributed by atoms with Crippen LogP contribution >= 0.6 is 0 Å². The van der Waals surface area contributed by atoms with E-state index in [1.807, 2.05) is 0 Å². The van der Waals surface area contributed by atoms with Crippen LogP contribution in [-0.4, -0.2) is 5.91 Å². The Morgan fingerprint density at radius 2 is 1.81 bits per heavy atom. The normalized spacial score (nSPS) is 11.2. The molecule has 2 rings (SSSR count). The molecule has 0 aliphatic carbocycles. The van der Waals surface area contributed by atoms with E-state index >= 15 is 0 Å². The molecule has 3 nitrogen and oxygen atoms in total. The van der Waals surface area contributed by atoms with Crippen molar-refractivity contribution in [3.8, 4) is 0 Å². The number of nitrogens with two attached hydrogens (primary N) is 1. The van der Waals surface area contributed by atoms with Crippen LogP contribution in [0.3, 0.4) is 0 Å². The first kappa shape index (κ1) is 14.8. The van der Waals surface area contributed by atoms with Crippen LogP contribution in [0.1, 0.15) is 15.9 Å². The number of hydrogen-bond acceptors (Lipinski definition) is 2. The second kappa shape index (κ2) is 5.43. The van der Waals surface area contributed by atoms with Gasteiger partial charge >= 0.3 is 6.18 Å². The summed E-state index contributed by atoms with van der Waals surface area (Å²) in [7, 11) is 0. The Labute approximate surface area is 117 Å². The molecule has 0 heterocycles. The molecule has 2 aromatic rings. The van der Waals surface area contributed by atoms with Gasteiger partial charge in [-0.1, -0.05) is 6.07 Å². The lowest BCUT2D eigenvalue weighted by molar-refractivity contribution is -0.137. The van der Waals surface area contributed by atoms with Crippen molar-refractivity contribution >= 4 is 17.3 Å². The average Bonchev–Trinajstić information content (AvgIpc) is 2.42. The summed E-state index contributed by atoms with van der Waals surface area (Å²) < 4.78 is 50.7. The van der Waals surface area contributed by atoms with E-state index in [2.05, 4.69) is 5.32 Å². The monoisotopic (exact) mass is 298 g/mol. The molecule has 0 saturated carbocycles. The van der Waals surface area contributed by atoms with Gasteiger partial charge in [0.05, 0.1) is 11.3 Å². The van der Waals surface area contributed by atoms with Crippen molar-refractivity contribution in [1.82, 2.24) is 0 Å². The topological polar surface area (TPSA) is 55.1 Å². The lowest BCUT2D eigenvalue weighted by Crippen LogP contribution is -2.14. The first-order valence-corrected chi connectivity index (χ1v) is 5.81. The van der Waals surface area contributed by atoms with Crippen LogP contribution in [0.15, 0.2) is 42.5 Å². The van der Waals surface area contributed by atoms with E-state index in [1.165, 1.54) is 18.2 Å². The molecule has 0 spiro atoms. The third-order valence-electron chi connectivity index (χ3n) is 2.71. The zero-order valence-corrected chi connectivity index (χ0v) is 10.5. The fourth-order valence-electron chi connectivity index (χ4n) is 1.66. The summed E-state index contributed by atoms with van der Waals surface area (Å²) in [5.74, 6) is -1.39. The highest BCUT2D eigenvalue weighted by atomic mass is 19.4. The van der Waals surface area contributed by atoms with Crippen molar-refractivity contribution in [2.75, 3.05) is 11.1 Å². The highest BCUT2D eigenvalue weighted by molar-refractivity contribution is 6.04. The zero-order valence-electron chi connectivity index (χ0n) is 10.5. The zero-order chi connectivity index (χ0) is 15.6. The molecule has 0 aliphatic rings. The molecule has 21 heavy (non-hydrogen) atoms. The molecule has 7 heteroatoms. The average molecular weight is 298 g/mol.